The molecule has 0 spiro atoms. The van der Waals surface area contributed by atoms with E-state index in [9.17, 15) is 26.4 Å². The van der Waals surface area contributed by atoms with Crippen molar-refractivity contribution in [2.75, 3.05) is 16.4 Å². The van der Waals surface area contributed by atoms with Crippen LogP contribution in [0.5, 0.6) is 0 Å². The molecule has 46 heavy (non-hydrogen) atoms. The van der Waals surface area contributed by atoms with E-state index >= 15 is 0 Å². The Labute approximate surface area is 293 Å². The average Bonchev–Trinajstić information content (AvgIpc) is 3.86. The van der Waals surface area contributed by atoms with E-state index in [4.69, 9.17) is 0 Å². The first-order valence-electron chi connectivity index (χ1n) is 15.1. The van der Waals surface area contributed by atoms with E-state index < -0.39 is 25.8 Å². The van der Waals surface area contributed by atoms with Crippen LogP contribution in [0.15, 0.2) is 59.6 Å². The molecule has 1 saturated carbocycles. The van der Waals surface area contributed by atoms with Gasteiger partial charge in [-0.1, -0.05) is 31.5 Å². The maximum atomic E-state index is 12.7. The molecular weight excluding hydrogens is 640 g/mol. The Morgan fingerprint density at radius 3 is 2.30 bits per heavy atom. The molecule has 15 heteroatoms. The van der Waals surface area contributed by atoms with Crippen molar-refractivity contribution < 1.29 is 26.4 Å². The first-order valence-corrected chi connectivity index (χ1v) is 18.3. The zero-order valence-electron chi connectivity index (χ0n) is 25.5. The van der Waals surface area contributed by atoms with Gasteiger partial charge < -0.3 is 16.0 Å². The molecule has 0 radical (unpaired) electrons. The third-order valence-corrected chi connectivity index (χ3v) is 10.9. The van der Waals surface area contributed by atoms with Gasteiger partial charge in [0.05, 0.1) is 15.9 Å². The van der Waals surface area contributed by atoms with Crippen molar-refractivity contribution in [3.05, 3.63) is 65.9 Å². The number of amides is 2. The summed E-state index contributed by atoms with van der Waals surface area (Å²) in [4.78, 5) is 33.1. The molecule has 1 aromatic heterocycles. The first kappa shape index (κ1) is 37.4. The molecule has 0 atom stereocenters. The third kappa shape index (κ3) is 11.6. The Hall–Kier alpha value is -3.04. The summed E-state index contributed by atoms with van der Waals surface area (Å²) in [6.07, 6.45) is 5.95. The second-order valence-electron chi connectivity index (χ2n) is 11.1. The van der Waals surface area contributed by atoms with Crippen LogP contribution in [-0.2, 0) is 36.0 Å². The number of rotatable bonds is 17. The van der Waals surface area contributed by atoms with Crippen LogP contribution in [0.25, 0.3) is 0 Å². The molecule has 1 aliphatic rings. The third-order valence-electron chi connectivity index (χ3n) is 7.17. The van der Waals surface area contributed by atoms with Crippen LogP contribution in [0.3, 0.4) is 0 Å². The summed E-state index contributed by atoms with van der Waals surface area (Å²) in [5.74, 6) is 0.231. The molecule has 0 saturated heterocycles. The van der Waals surface area contributed by atoms with E-state index in [2.05, 4.69) is 30.6 Å². The van der Waals surface area contributed by atoms with Crippen LogP contribution in [0.1, 0.15) is 69.4 Å². The van der Waals surface area contributed by atoms with Gasteiger partial charge in [-0.25, -0.2) is 26.5 Å². The summed E-state index contributed by atoms with van der Waals surface area (Å²) in [5.41, 5.74) is 2.81. The summed E-state index contributed by atoms with van der Waals surface area (Å²) in [6, 6.07) is 13.5. The fraction of sp³-hybridized carbons (Fsp3) is 0.419. The van der Waals surface area contributed by atoms with Crippen molar-refractivity contribution >= 4 is 84.4 Å². The molecule has 0 aliphatic heterocycles. The average molecular weight is 681 g/mol. The van der Waals surface area contributed by atoms with Crippen molar-refractivity contribution in [1.82, 2.24) is 20.0 Å². The van der Waals surface area contributed by atoms with Crippen LogP contribution in [-0.4, -0.2) is 79.2 Å². The minimum atomic E-state index is -4.03. The van der Waals surface area contributed by atoms with E-state index in [1.807, 2.05) is 38.1 Å². The zero-order valence-corrected chi connectivity index (χ0v) is 27.1. The number of aromatic nitrogens is 2. The second kappa shape index (κ2) is 17.2. The first-order chi connectivity index (χ1) is 21.4. The van der Waals surface area contributed by atoms with Gasteiger partial charge in [-0.3, -0.25) is 9.59 Å². The number of carbonyl (C=O) groups is 2. The Morgan fingerprint density at radius 1 is 0.891 bits per heavy atom. The molecule has 4 N–H and O–H groups in total. The van der Waals surface area contributed by atoms with E-state index in [0.717, 1.165) is 36.1 Å². The predicted molar refractivity (Wildman–Crippen MR) is 181 cm³/mol. The molecule has 12 nitrogen and oxygen atoms in total. The normalized spacial score (nSPS) is 12.9. The quantitative estimate of drug-likeness (QED) is 0.121. The van der Waals surface area contributed by atoms with Crippen LogP contribution < -0.4 is 20.7 Å². The number of benzene rings is 2. The Balaban J connectivity index is 0.00000576. The number of sulfonamides is 1. The molecule has 2 aromatic carbocycles. The van der Waals surface area contributed by atoms with Crippen molar-refractivity contribution in [3.8, 4) is 0 Å². The second-order valence-corrected chi connectivity index (χ2v) is 15.2. The molecule has 4 rings (SSSR count). The molecular formula is C31H41N6NaO6S2. The van der Waals surface area contributed by atoms with Gasteiger partial charge in [0.2, 0.25) is 17.8 Å². The van der Waals surface area contributed by atoms with Gasteiger partial charge in [0.1, 0.15) is 5.82 Å². The number of hydrogen-bond donors (Lipinski definition) is 4. The number of carbonyl (C=O) groups excluding carboxylic acids is 2. The molecule has 244 valence electrons. The van der Waals surface area contributed by atoms with Gasteiger partial charge >= 0.3 is 29.6 Å². The Kier molecular flexibility index (Phi) is 14.0. The van der Waals surface area contributed by atoms with Gasteiger partial charge in [0.25, 0.3) is 10.0 Å². The molecule has 3 aromatic rings. The predicted octanol–water partition coefficient (Wildman–Crippen LogP) is 3.98. The van der Waals surface area contributed by atoms with Crippen LogP contribution >= 0.6 is 0 Å². The van der Waals surface area contributed by atoms with Crippen molar-refractivity contribution in [1.29, 1.82) is 0 Å². The minimum absolute atomic E-state index is 0. The van der Waals surface area contributed by atoms with Crippen LogP contribution in [0.2, 0.25) is 0 Å². The Bertz CT molecular complexity index is 1730. The summed E-state index contributed by atoms with van der Waals surface area (Å²) >= 11 is 0. The Morgan fingerprint density at radius 2 is 1.59 bits per heavy atom. The van der Waals surface area contributed by atoms with Crippen molar-refractivity contribution in [2.24, 2.45) is 0 Å². The number of nitrogens with zero attached hydrogens (tertiary/aromatic N) is 2. The number of aryl methyl sites for hydroxylation is 1. The molecule has 2 amide bonds. The zero-order chi connectivity index (χ0) is 32.5. The molecule has 1 heterocycles. The topological polar surface area (TPSA) is 176 Å². The van der Waals surface area contributed by atoms with Crippen LogP contribution in [0.4, 0.5) is 23.1 Å². The van der Waals surface area contributed by atoms with Gasteiger partial charge in [0, 0.05) is 42.5 Å². The maximum absolute atomic E-state index is 12.7. The molecule has 1 aliphatic carbocycles. The molecule has 1 fully saturated rings. The standard InChI is InChI=1S/C31H40N6O6S2.Na.H/c1-3-4-13-29(39)37-45(42,43)27-12-8-11-25(19-27)35-31-33-20-22(2)30(36-31)34-24-10-7-9-23(18-24)21-32-28(38)14-5-6-17-44(40,41)26-15-16-26;;/h7-12,18-20,26H,3-6,13-17,21H2,1-2H3,(H,32,38)(H,37,39)(H2,33,34,35,36);;. The number of sulfone groups is 1. The molecule has 0 bridgehead atoms. The number of nitrogens with one attached hydrogen (secondary N) is 4. The van der Waals surface area contributed by atoms with E-state index in [1.54, 1.807) is 18.3 Å². The fourth-order valence-electron chi connectivity index (χ4n) is 4.46. The monoisotopic (exact) mass is 680 g/mol. The summed E-state index contributed by atoms with van der Waals surface area (Å²) < 4.78 is 51.5. The van der Waals surface area contributed by atoms with E-state index in [-0.39, 0.29) is 70.2 Å². The number of unbranched alkanes of at least 4 members (excludes halogenated alkanes) is 2. The van der Waals surface area contributed by atoms with Gasteiger partial charge in [-0.15, -0.1) is 0 Å². The summed E-state index contributed by atoms with van der Waals surface area (Å²) in [5, 5.41) is 9.01. The van der Waals surface area contributed by atoms with Gasteiger partial charge in [-0.2, -0.15) is 4.98 Å². The van der Waals surface area contributed by atoms with E-state index in [0.29, 0.717) is 37.3 Å². The molecule has 0 unspecified atom stereocenters. The van der Waals surface area contributed by atoms with Gasteiger partial charge in [-0.05, 0) is 74.9 Å². The SMILES string of the molecule is CCCCC(=O)NS(=O)(=O)c1cccc(Nc2ncc(C)c(Nc3cccc(CNC(=O)CCCCS(=O)(=O)C4CC4)c3)n2)c1.[NaH]. The fourth-order valence-corrected chi connectivity index (χ4v) is 7.32. The van der Waals surface area contributed by atoms with Crippen molar-refractivity contribution in [3.63, 3.8) is 0 Å². The number of hydrogen-bond acceptors (Lipinski definition) is 10. The van der Waals surface area contributed by atoms with Crippen molar-refractivity contribution in [2.45, 2.75) is 81.9 Å². The van der Waals surface area contributed by atoms with Crippen LogP contribution in [0, 0.1) is 6.92 Å². The summed E-state index contributed by atoms with van der Waals surface area (Å²) in [7, 11) is -7.02. The van der Waals surface area contributed by atoms with Gasteiger partial charge in [0.15, 0.2) is 9.84 Å². The van der Waals surface area contributed by atoms with E-state index in [1.165, 1.54) is 12.1 Å². The summed E-state index contributed by atoms with van der Waals surface area (Å²) in [6.45, 7) is 4.09. The number of anilines is 4.